The third-order valence-corrected chi connectivity index (χ3v) is 5.14. The summed E-state index contributed by atoms with van der Waals surface area (Å²) in [6, 6.07) is 5.50. The smallest absolute Gasteiger partial charge is 0.307 e. The Labute approximate surface area is 190 Å². The lowest BCUT2D eigenvalue weighted by atomic mass is 9.97. The number of carbonyl (C=O) groups is 1. The van der Waals surface area contributed by atoms with Gasteiger partial charge in [-0.05, 0) is 46.1 Å². The Balaban J connectivity index is 2.72. The number of nitrogens with zero attached hydrogens (tertiary/aromatic N) is 1. The molecule has 176 valence electrons. The minimum Gasteiger partial charge on any atom is -0.496 e. The molecule has 0 amide bonds. The molecule has 2 aromatic carbocycles. The molecule has 7 nitrogen and oxygen atoms in total. The summed E-state index contributed by atoms with van der Waals surface area (Å²) in [6.07, 6.45) is 2.29. The van der Waals surface area contributed by atoms with Crippen molar-refractivity contribution >= 4 is 16.7 Å². The summed E-state index contributed by atoms with van der Waals surface area (Å²) in [4.78, 5) is 14.6. The van der Waals surface area contributed by atoms with E-state index in [0.29, 0.717) is 53.3 Å². The van der Waals surface area contributed by atoms with E-state index < -0.39 is 6.10 Å². The maximum absolute atomic E-state index is 12.6. The van der Waals surface area contributed by atoms with Crippen molar-refractivity contribution in [1.29, 1.82) is 0 Å². The second-order valence-corrected chi connectivity index (χ2v) is 7.97. The first kappa shape index (κ1) is 25.3. The van der Waals surface area contributed by atoms with Crippen LogP contribution in [0.3, 0.4) is 0 Å². The van der Waals surface area contributed by atoms with Crippen molar-refractivity contribution in [3.05, 3.63) is 35.4 Å². The van der Waals surface area contributed by atoms with Gasteiger partial charge in [0, 0.05) is 18.5 Å². The van der Waals surface area contributed by atoms with Crippen LogP contribution in [0.4, 0.5) is 0 Å². The highest BCUT2D eigenvalue weighted by Crippen LogP contribution is 2.48. The van der Waals surface area contributed by atoms with Crippen LogP contribution in [0.25, 0.3) is 10.8 Å². The van der Waals surface area contributed by atoms with E-state index in [0.717, 1.165) is 11.0 Å². The molecule has 0 spiro atoms. The highest BCUT2D eigenvalue weighted by Gasteiger charge is 2.27. The standard InChI is InChI=1S/C25H35NO6/c1-16(2)9-10-18(32-22(27)13-14-26(3)4)17-15-21(30-7)23-19(28-5)11-12-20(29-6)24(23)25(17)31-8/h9,11-12,15,18H,10,13-14H2,1-8H3/t18-/m0/s1. The van der Waals surface area contributed by atoms with Gasteiger partial charge in [-0.2, -0.15) is 0 Å². The topological polar surface area (TPSA) is 66.5 Å². The van der Waals surface area contributed by atoms with Gasteiger partial charge in [-0.3, -0.25) is 4.79 Å². The Hall–Kier alpha value is -2.93. The molecule has 0 radical (unpaired) electrons. The molecular formula is C25H35NO6. The molecule has 2 aromatic rings. The van der Waals surface area contributed by atoms with Crippen LogP contribution in [0.1, 0.15) is 38.4 Å². The number of fused-ring (bicyclic) bond motifs is 1. The number of hydrogen-bond acceptors (Lipinski definition) is 7. The second-order valence-electron chi connectivity index (χ2n) is 7.97. The van der Waals surface area contributed by atoms with E-state index in [9.17, 15) is 4.79 Å². The lowest BCUT2D eigenvalue weighted by molar-refractivity contribution is -0.149. The van der Waals surface area contributed by atoms with Crippen molar-refractivity contribution in [3.63, 3.8) is 0 Å². The van der Waals surface area contributed by atoms with Gasteiger partial charge >= 0.3 is 5.97 Å². The van der Waals surface area contributed by atoms with E-state index in [2.05, 4.69) is 0 Å². The quantitative estimate of drug-likeness (QED) is 0.365. The van der Waals surface area contributed by atoms with Crippen molar-refractivity contribution in [1.82, 2.24) is 4.90 Å². The Morgan fingerprint density at radius 2 is 1.53 bits per heavy atom. The molecule has 2 rings (SSSR count). The largest absolute Gasteiger partial charge is 0.496 e. The molecule has 0 fully saturated rings. The van der Waals surface area contributed by atoms with E-state index >= 15 is 0 Å². The van der Waals surface area contributed by atoms with Crippen molar-refractivity contribution in [3.8, 4) is 23.0 Å². The fraction of sp³-hybridized carbons (Fsp3) is 0.480. The fourth-order valence-corrected chi connectivity index (χ4v) is 3.53. The first-order chi connectivity index (χ1) is 15.3. The third kappa shape index (κ3) is 5.85. The highest BCUT2D eigenvalue weighted by atomic mass is 16.5. The Morgan fingerprint density at radius 1 is 0.938 bits per heavy atom. The maximum atomic E-state index is 12.6. The second kappa shape index (κ2) is 11.6. The summed E-state index contributed by atoms with van der Waals surface area (Å²) >= 11 is 0. The molecule has 0 aliphatic rings. The molecule has 0 saturated heterocycles. The van der Waals surface area contributed by atoms with E-state index in [1.807, 2.05) is 57.1 Å². The molecule has 1 atom stereocenters. The number of methoxy groups -OCH3 is 4. The Bertz CT molecular complexity index is 963. The normalized spacial score (nSPS) is 11.8. The predicted octanol–water partition coefficient (Wildman–Crippen LogP) is 4.77. The summed E-state index contributed by atoms with van der Waals surface area (Å²) < 4.78 is 28.7. The fourth-order valence-electron chi connectivity index (χ4n) is 3.53. The van der Waals surface area contributed by atoms with Gasteiger partial charge in [0.1, 0.15) is 29.1 Å². The van der Waals surface area contributed by atoms with Crippen LogP contribution in [0.15, 0.2) is 29.8 Å². The zero-order valence-electron chi connectivity index (χ0n) is 20.4. The van der Waals surface area contributed by atoms with Crippen LogP contribution in [0.5, 0.6) is 23.0 Å². The molecule has 0 bridgehead atoms. The molecule has 0 saturated carbocycles. The van der Waals surface area contributed by atoms with Crippen molar-refractivity contribution < 1.29 is 28.5 Å². The molecular weight excluding hydrogens is 410 g/mol. The van der Waals surface area contributed by atoms with Crippen LogP contribution < -0.4 is 18.9 Å². The number of benzene rings is 2. The minimum absolute atomic E-state index is 0.274. The van der Waals surface area contributed by atoms with Gasteiger partial charge < -0.3 is 28.6 Å². The van der Waals surface area contributed by atoms with Crippen LogP contribution in [-0.4, -0.2) is 59.9 Å². The SMILES string of the molecule is COc1ccc(OC)c2c(OC)c([C@H](CC=C(C)C)OC(=O)CCN(C)C)cc(OC)c12. The molecule has 0 N–H and O–H groups in total. The summed E-state index contributed by atoms with van der Waals surface area (Å²) in [5.41, 5.74) is 1.84. The van der Waals surface area contributed by atoms with Crippen LogP contribution in [0, 0.1) is 0 Å². The van der Waals surface area contributed by atoms with E-state index in [-0.39, 0.29) is 5.97 Å². The average molecular weight is 446 g/mol. The maximum Gasteiger partial charge on any atom is 0.307 e. The van der Waals surface area contributed by atoms with Crippen molar-refractivity contribution in [2.45, 2.75) is 32.8 Å². The van der Waals surface area contributed by atoms with Crippen LogP contribution in [-0.2, 0) is 9.53 Å². The zero-order valence-corrected chi connectivity index (χ0v) is 20.4. The van der Waals surface area contributed by atoms with Gasteiger partial charge in [-0.15, -0.1) is 0 Å². The molecule has 0 aliphatic heterocycles. The van der Waals surface area contributed by atoms with E-state index in [1.165, 1.54) is 0 Å². The number of ether oxygens (including phenoxy) is 5. The van der Waals surface area contributed by atoms with Crippen LogP contribution >= 0.6 is 0 Å². The van der Waals surface area contributed by atoms with Gasteiger partial charge in [-0.25, -0.2) is 0 Å². The summed E-state index contributed by atoms with van der Waals surface area (Å²) in [5.74, 6) is 2.11. The number of rotatable bonds is 11. The first-order valence-electron chi connectivity index (χ1n) is 10.5. The zero-order chi connectivity index (χ0) is 23.8. The summed E-state index contributed by atoms with van der Waals surface area (Å²) in [7, 11) is 10.2. The monoisotopic (exact) mass is 445 g/mol. The number of esters is 1. The third-order valence-electron chi connectivity index (χ3n) is 5.14. The number of hydrogen-bond donors (Lipinski definition) is 0. The molecule has 0 aliphatic carbocycles. The lowest BCUT2D eigenvalue weighted by Crippen LogP contribution is -2.20. The Morgan fingerprint density at radius 3 is 2.03 bits per heavy atom. The van der Waals surface area contributed by atoms with E-state index in [1.54, 1.807) is 28.4 Å². The Kier molecular flexibility index (Phi) is 9.20. The average Bonchev–Trinajstić information content (AvgIpc) is 2.78. The minimum atomic E-state index is -0.552. The lowest BCUT2D eigenvalue weighted by Gasteiger charge is -2.24. The molecule has 0 unspecified atom stereocenters. The van der Waals surface area contributed by atoms with Gasteiger partial charge in [0.2, 0.25) is 0 Å². The van der Waals surface area contributed by atoms with Crippen molar-refractivity contribution in [2.75, 3.05) is 49.1 Å². The van der Waals surface area contributed by atoms with Crippen LogP contribution in [0.2, 0.25) is 0 Å². The number of allylic oxidation sites excluding steroid dienone is 1. The van der Waals surface area contributed by atoms with Gasteiger partial charge in [0.05, 0.1) is 45.6 Å². The molecule has 32 heavy (non-hydrogen) atoms. The van der Waals surface area contributed by atoms with Gasteiger partial charge in [0.15, 0.2) is 0 Å². The summed E-state index contributed by atoms with van der Waals surface area (Å²) in [5, 5.41) is 1.44. The predicted molar refractivity (Wildman–Crippen MR) is 126 cm³/mol. The molecule has 7 heteroatoms. The van der Waals surface area contributed by atoms with Gasteiger partial charge in [0.25, 0.3) is 0 Å². The van der Waals surface area contributed by atoms with E-state index in [4.69, 9.17) is 23.7 Å². The molecule has 0 heterocycles. The van der Waals surface area contributed by atoms with Gasteiger partial charge in [-0.1, -0.05) is 11.6 Å². The van der Waals surface area contributed by atoms with Crippen molar-refractivity contribution in [2.24, 2.45) is 0 Å². The summed E-state index contributed by atoms with van der Waals surface area (Å²) in [6.45, 7) is 4.63. The first-order valence-corrected chi connectivity index (χ1v) is 10.5. The number of carbonyl (C=O) groups excluding carboxylic acids is 1. The molecule has 0 aromatic heterocycles. The highest BCUT2D eigenvalue weighted by molar-refractivity contribution is 6.03.